The zero-order valence-corrected chi connectivity index (χ0v) is 12.8. The van der Waals surface area contributed by atoms with E-state index in [4.69, 9.17) is 4.74 Å². The van der Waals surface area contributed by atoms with Crippen LogP contribution in [0.3, 0.4) is 0 Å². The van der Waals surface area contributed by atoms with Crippen LogP contribution in [0.1, 0.15) is 22.6 Å². The van der Waals surface area contributed by atoms with Crippen LogP contribution in [-0.4, -0.2) is 29.8 Å². The molecule has 0 bridgehead atoms. The molecule has 0 atom stereocenters. The number of rotatable bonds is 7. The molecule has 1 aromatic heterocycles. The number of nitrogens with one attached hydrogen (secondary N) is 1. The van der Waals surface area contributed by atoms with Gasteiger partial charge in [0.2, 0.25) is 0 Å². The molecular weight excluding hydrogens is 269 g/mol. The molecule has 1 aromatic carbocycles. The van der Waals surface area contributed by atoms with Crippen LogP contribution < -0.4 is 5.32 Å². The van der Waals surface area contributed by atoms with Crippen LogP contribution in [0.4, 0.5) is 4.39 Å². The zero-order valence-electron chi connectivity index (χ0n) is 12.8. The lowest BCUT2D eigenvalue weighted by Crippen LogP contribution is -2.21. The van der Waals surface area contributed by atoms with E-state index in [1.54, 1.807) is 13.2 Å². The highest BCUT2D eigenvalue weighted by Crippen LogP contribution is 2.15. The SMILES string of the molecule is COCCNCc1cnc(C)n1Cc1cc(F)ccc1C. The van der Waals surface area contributed by atoms with Crippen LogP contribution >= 0.6 is 0 Å². The smallest absolute Gasteiger partial charge is 0.123 e. The molecule has 1 N–H and O–H groups in total. The second kappa shape index (κ2) is 7.33. The summed E-state index contributed by atoms with van der Waals surface area (Å²) < 4.78 is 20.5. The second-order valence-electron chi connectivity index (χ2n) is 5.12. The lowest BCUT2D eigenvalue weighted by molar-refractivity contribution is 0.199. The van der Waals surface area contributed by atoms with E-state index in [2.05, 4.69) is 14.9 Å². The Balaban J connectivity index is 2.12. The number of hydrogen-bond acceptors (Lipinski definition) is 3. The van der Waals surface area contributed by atoms with Crippen molar-refractivity contribution in [2.45, 2.75) is 26.9 Å². The van der Waals surface area contributed by atoms with E-state index in [1.165, 1.54) is 6.07 Å². The van der Waals surface area contributed by atoms with Gasteiger partial charge < -0.3 is 14.6 Å². The van der Waals surface area contributed by atoms with Gasteiger partial charge in [0.05, 0.1) is 12.3 Å². The number of hydrogen-bond donors (Lipinski definition) is 1. The first-order chi connectivity index (χ1) is 10.1. The number of benzene rings is 1. The van der Waals surface area contributed by atoms with E-state index < -0.39 is 0 Å². The van der Waals surface area contributed by atoms with Gasteiger partial charge >= 0.3 is 0 Å². The summed E-state index contributed by atoms with van der Waals surface area (Å²) in [7, 11) is 1.68. The van der Waals surface area contributed by atoms with E-state index in [0.29, 0.717) is 13.2 Å². The maximum absolute atomic E-state index is 13.4. The van der Waals surface area contributed by atoms with Crippen molar-refractivity contribution >= 4 is 0 Å². The number of aryl methyl sites for hydroxylation is 2. The quantitative estimate of drug-likeness (QED) is 0.796. The predicted octanol–water partition coefficient (Wildman–Crippen LogP) is 2.42. The van der Waals surface area contributed by atoms with Crippen LogP contribution in [-0.2, 0) is 17.8 Å². The Bertz CT molecular complexity index is 595. The molecule has 21 heavy (non-hydrogen) atoms. The van der Waals surface area contributed by atoms with E-state index >= 15 is 0 Å². The Morgan fingerprint density at radius 3 is 2.90 bits per heavy atom. The molecule has 2 aromatic rings. The Morgan fingerprint density at radius 1 is 1.33 bits per heavy atom. The number of ether oxygens (including phenoxy) is 1. The molecule has 0 saturated heterocycles. The first-order valence-electron chi connectivity index (χ1n) is 7.07. The summed E-state index contributed by atoms with van der Waals surface area (Å²) in [4.78, 5) is 4.36. The molecule has 0 aliphatic heterocycles. The molecule has 1 heterocycles. The number of aromatic nitrogens is 2. The second-order valence-corrected chi connectivity index (χ2v) is 5.12. The van der Waals surface area contributed by atoms with E-state index in [0.717, 1.165) is 35.7 Å². The summed E-state index contributed by atoms with van der Waals surface area (Å²) >= 11 is 0. The first-order valence-corrected chi connectivity index (χ1v) is 7.07. The van der Waals surface area contributed by atoms with Gasteiger partial charge in [-0.15, -0.1) is 0 Å². The van der Waals surface area contributed by atoms with Gasteiger partial charge in [-0.1, -0.05) is 6.07 Å². The number of nitrogens with zero attached hydrogens (tertiary/aromatic N) is 2. The van der Waals surface area contributed by atoms with Crippen molar-refractivity contribution in [3.8, 4) is 0 Å². The van der Waals surface area contributed by atoms with Crippen molar-refractivity contribution in [1.82, 2.24) is 14.9 Å². The average molecular weight is 291 g/mol. The van der Waals surface area contributed by atoms with E-state index in [9.17, 15) is 4.39 Å². The van der Waals surface area contributed by atoms with Gasteiger partial charge in [-0.25, -0.2) is 9.37 Å². The van der Waals surface area contributed by atoms with Gasteiger partial charge in [-0.3, -0.25) is 0 Å². The number of methoxy groups -OCH3 is 1. The van der Waals surface area contributed by atoms with Crippen LogP contribution in [0.5, 0.6) is 0 Å². The summed E-state index contributed by atoms with van der Waals surface area (Å²) in [5.74, 6) is 0.732. The van der Waals surface area contributed by atoms with E-state index in [1.807, 2.05) is 26.1 Å². The highest BCUT2D eigenvalue weighted by Gasteiger charge is 2.09. The van der Waals surface area contributed by atoms with Gasteiger partial charge in [0, 0.05) is 32.9 Å². The van der Waals surface area contributed by atoms with Crippen molar-refractivity contribution in [2.75, 3.05) is 20.3 Å². The molecule has 0 unspecified atom stereocenters. The minimum absolute atomic E-state index is 0.201. The third-order valence-corrected chi connectivity index (χ3v) is 3.57. The molecule has 2 rings (SSSR count). The van der Waals surface area contributed by atoms with Gasteiger partial charge in [0.15, 0.2) is 0 Å². The maximum Gasteiger partial charge on any atom is 0.123 e. The monoisotopic (exact) mass is 291 g/mol. The molecule has 0 spiro atoms. The minimum Gasteiger partial charge on any atom is -0.383 e. The van der Waals surface area contributed by atoms with Crippen LogP contribution in [0.25, 0.3) is 0 Å². The average Bonchev–Trinajstić information content (AvgIpc) is 2.80. The van der Waals surface area contributed by atoms with Crippen LogP contribution in [0.15, 0.2) is 24.4 Å². The molecular formula is C16H22FN3O. The normalized spacial score (nSPS) is 11.0. The fourth-order valence-electron chi connectivity index (χ4n) is 2.24. The summed E-state index contributed by atoms with van der Waals surface area (Å²) in [6.07, 6.45) is 1.86. The van der Waals surface area contributed by atoms with E-state index in [-0.39, 0.29) is 5.82 Å². The van der Waals surface area contributed by atoms with Gasteiger partial charge in [0.1, 0.15) is 11.6 Å². The first kappa shape index (κ1) is 15.7. The summed E-state index contributed by atoms with van der Waals surface area (Å²) in [5, 5.41) is 3.31. The summed E-state index contributed by atoms with van der Waals surface area (Å²) in [6, 6.07) is 4.90. The molecule has 0 radical (unpaired) electrons. The highest BCUT2D eigenvalue weighted by molar-refractivity contribution is 5.27. The van der Waals surface area contributed by atoms with Crippen molar-refractivity contribution in [1.29, 1.82) is 0 Å². The fraction of sp³-hybridized carbons (Fsp3) is 0.438. The number of halogens is 1. The van der Waals surface area contributed by atoms with Gasteiger partial charge in [0.25, 0.3) is 0 Å². The Hall–Kier alpha value is -1.72. The van der Waals surface area contributed by atoms with Crippen molar-refractivity contribution < 1.29 is 9.13 Å². The van der Waals surface area contributed by atoms with Crippen LogP contribution in [0.2, 0.25) is 0 Å². The lowest BCUT2D eigenvalue weighted by atomic mass is 10.1. The summed E-state index contributed by atoms with van der Waals surface area (Å²) in [5.41, 5.74) is 3.16. The molecule has 5 heteroatoms. The topological polar surface area (TPSA) is 39.1 Å². The Labute approximate surface area is 125 Å². The third kappa shape index (κ3) is 4.12. The van der Waals surface area contributed by atoms with Gasteiger partial charge in [-0.2, -0.15) is 0 Å². The lowest BCUT2D eigenvalue weighted by Gasteiger charge is -2.13. The van der Waals surface area contributed by atoms with Crippen molar-refractivity contribution in [3.63, 3.8) is 0 Å². The third-order valence-electron chi connectivity index (χ3n) is 3.57. The standard InChI is InChI=1S/C16H22FN3O/c1-12-4-5-15(17)8-14(12)11-20-13(2)19-10-16(20)9-18-6-7-21-3/h4-5,8,10,18H,6-7,9,11H2,1-3H3. The zero-order chi connectivity index (χ0) is 15.2. The predicted molar refractivity (Wildman–Crippen MR) is 80.8 cm³/mol. The Morgan fingerprint density at radius 2 is 2.14 bits per heavy atom. The van der Waals surface area contributed by atoms with Gasteiger partial charge in [-0.05, 0) is 37.1 Å². The van der Waals surface area contributed by atoms with Crippen molar-refractivity contribution in [2.24, 2.45) is 0 Å². The molecule has 0 aliphatic rings. The minimum atomic E-state index is -0.201. The number of imidazole rings is 1. The van der Waals surface area contributed by atoms with Crippen LogP contribution in [0, 0.1) is 19.7 Å². The molecule has 0 fully saturated rings. The molecule has 0 saturated carbocycles. The largest absolute Gasteiger partial charge is 0.383 e. The molecule has 114 valence electrons. The molecule has 0 amide bonds. The molecule has 4 nitrogen and oxygen atoms in total. The van der Waals surface area contributed by atoms with Crippen molar-refractivity contribution in [3.05, 3.63) is 52.9 Å². The summed E-state index contributed by atoms with van der Waals surface area (Å²) in [6.45, 7) is 6.79. The fourth-order valence-corrected chi connectivity index (χ4v) is 2.24. The molecule has 0 aliphatic carbocycles. The Kier molecular flexibility index (Phi) is 5.47. The highest BCUT2D eigenvalue weighted by atomic mass is 19.1. The maximum atomic E-state index is 13.4.